The van der Waals surface area contributed by atoms with Gasteiger partial charge in [-0.05, 0) is 62.2 Å². The van der Waals surface area contributed by atoms with Crippen LogP contribution >= 0.6 is 0 Å². The summed E-state index contributed by atoms with van der Waals surface area (Å²) in [6.07, 6.45) is 4.88. The minimum absolute atomic E-state index is 0.0533. The van der Waals surface area contributed by atoms with Crippen molar-refractivity contribution < 1.29 is 23.1 Å². The fourth-order valence-corrected chi connectivity index (χ4v) is 5.78. The van der Waals surface area contributed by atoms with Crippen molar-refractivity contribution in [1.29, 1.82) is 0 Å². The van der Waals surface area contributed by atoms with Crippen molar-refractivity contribution in [1.82, 2.24) is 24.2 Å². The predicted octanol–water partition coefficient (Wildman–Crippen LogP) is 1.19. The Morgan fingerprint density at radius 2 is 2.06 bits per heavy atom. The summed E-state index contributed by atoms with van der Waals surface area (Å²) in [6, 6.07) is 4.50. The average Bonchev–Trinajstić information content (AvgIpc) is 3.50. The number of likely N-dealkylation sites (tertiary alicyclic amines) is 1. The van der Waals surface area contributed by atoms with Crippen LogP contribution in [-0.4, -0.2) is 71.1 Å². The van der Waals surface area contributed by atoms with Crippen LogP contribution in [0.25, 0.3) is 5.52 Å². The molecule has 5 rings (SSSR count). The number of hydrogen-bond donors (Lipinski definition) is 3. The van der Waals surface area contributed by atoms with E-state index in [4.69, 9.17) is 0 Å². The van der Waals surface area contributed by atoms with E-state index in [9.17, 15) is 23.1 Å². The molecule has 1 unspecified atom stereocenters. The number of sulfonamides is 1. The molecule has 0 spiro atoms. The van der Waals surface area contributed by atoms with Crippen LogP contribution in [0, 0.1) is 6.92 Å². The number of nitrogens with one attached hydrogen (secondary N) is 2. The highest BCUT2D eigenvalue weighted by molar-refractivity contribution is 7.89. The first-order chi connectivity index (χ1) is 16.3. The van der Waals surface area contributed by atoms with Crippen molar-refractivity contribution in [2.75, 3.05) is 31.5 Å². The molecule has 1 saturated heterocycles. The van der Waals surface area contributed by atoms with Crippen LogP contribution in [0.3, 0.4) is 0 Å². The van der Waals surface area contributed by atoms with Crippen LogP contribution in [0.2, 0.25) is 0 Å². The van der Waals surface area contributed by atoms with Crippen molar-refractivity contribution in [3.05, 3.63) is 53.1 Å². The highest BCUT2D eigenvalue weighted by atomic mass is 32.2. The molecule has 3 N–H and O–H groups in total. The molecule has 0 bridgehead atoms. The second-order valence-corrected chi connectivity index (χ2v) is 10.3. The number of fused-ring (bicyclic) bond motifs is 2. The molecule has 2 aliphatic rings. The topological polar surface area (TPSA) is 146 Å². The zero-order valence-electron chi connectivity index (χ0n) is 18.5. The van der Waals surface area contributed by atoms with Gasteiger partial charge in [-0.2, -0.15) is 5.10 Å². The number of carboxylic acids is 1. The normalized spacial score (nSPS) is 18.4. The Bertz CT molecular complexity index is 1410. The predicted molar refractivity (Wildman–Crippen MR) is 122 cm³/mol. The standard InChI is InChI=1S/C22H24N6O5S/c1-13-16(22(30)31)11-28-20(13)19(23-12-24-28)18-15-10-14(4-5-17(15)26-21(18)29)34(32,33)25-6-9-27-7-2-3-8-27/h4-5,10-12,18,25H,2-3,6-9H2,1H3,(H,26,29)(H,30,31). The summed E-state index contributed by atoms with van der Waals surface area (Å²) in [5, 5.41) is 16.3. The smallest absolute Gasteiger partial charge is 0.337 e. The quantitative estimate of drug-likeness (QED) is 0.453. The van der Waals surface area contributed by atoms with Crippen LogP contribution in [-0.2, 0) is 14.8 Å². The first kappa shape index (κ1) is 22.4. The lowest BCUT2D eigenvalue weighted by Gasteiger charge is -2.15. The zero-order chi connectivity index (χ0) is 24.0. The Balaban J connectivity index is 1.50. The lowest BCUT2D eigenvalue weighted by molar-refractivity contribution is -0.116. The average molecular weight is 485 g/mol. The Kier molecular flexibility index (Phi) is 5.58. The van der Waals surface area contributed by atoms with Gasteiger partial charge in [-0.3, -0.25) is 4.79 Å². The van der Waals surface area contributed by atoms with E-state index in [1.807, 2.05) is 0 Å². The SMILES string of the molecule is Cc1c(C(=O)O)cn2ncnc(C3C(=O)Nc4ccc(S(=O)(=O)NCCN5CCCC5)cc43)c12. The summed E-state index contributed by atoms with van der Waals surface area (Å²) >= 11 is 0. The molecule has 0 saturated carbocycles. The van der Waals surface area contributed by atoms with E-state index in [1.165, 1.54) is 29.2 Å². The lowest BCUT2D eigenvalue weighted by Crippen LogP contribution is -2.33. The summed E-state index contributed by atoms with van der Waals surface area (Å²) in [6.45, 7) is 4.53. The van der Waals surface area contributed by atoms with Crippen molar-refractivity contribution in [2.45, 2.75) is 30.6 Å². The first-order valence-corrected chi connectivity index (χ1v) is 12.5. The molecule has 1 fully saturated rings. The number of benzene rings is 1. The van der Waals surface area contributed by atoms with E-state index < -0.39 is 21.9 Å². The summed E-state index contributed by atoms with van der Waals surface area (Å²) in [5.41, 5.74) is 2.16. The molecule has 4 heterocycles. The summed E-state index contributed by atoms with van der Waals surface area (Å²) in [5.74, 6) is -2.39. The van der Waals surface area contributed by atoms with Crippen molar-refractivity contribution in [2.24, 2.45) is 0 Å². The van der Waals surface area contributed by atoms with Gasteiger partial charge in [0.15, 0.2) is 0 Å². The number of aryl methyl sites for hydroxylation is 1. The minimum atomic E-state index is -3.79. The van der Waals surface area contributed by atoms with E-state index in [2.05, 4.69) is 25.0 Å². The molecule has 3 aromatic rings. The van der Waals surface area contributed by atoms with E-state index in [0.717, 1.165) is 25.9 Å². The number of anilines is 1. The number of amides is 1. The van der Waals surface area contributed by atoms with Gasteiger partial charge in [0, 0.05) is 25.0 Å². The third kappa shape index (κ3) is 3.83. The highest BCUT2D eigenvalue weighted by Gasteiger charge is 2.36. The second-order valence-electron chi connectivity index (χ2n) is 8.53. The summed E-state index contributed by atoms with van der Waals surface area (Å²) < 4.78 is 29.9. The van der Waals surface area contributed by atoms with Crippen molar-refractivity contribution >= 4 is 33.1 Å². The molecule has 11 nitrogen and oxygen atoms in total. The molecule has 2 aromatic heterocycles. The number of aromatic carboxylic acids is 1. The van der Waals surface area contributed by atoms with Gasteiger partial charge in [-0.15, -0.1) is 0 Å². The molecule has 1 atom stereocenters. The van der Waals surface area contributed by atoms with Crippen LogP contribution in [0.5, 0.6) is 0 Å². The largest absolute Gasteiger partial charge is 0.478 e. The zero-order valence-corrected chi connectivity index (χ0v) is 19.3. The first-order valence-electron chi connectivity index (χ1n) is 11.0. The number of carbonyl (C=O) groups excluding carboxylic acids is 1. The fraction of sp³-hybridized carbons (Fsp3) is 0.364. The van der Waals surface area contributed by atoms with Crippen LogP contribution < -0.4 is 10.0 Å². The molecule has 1 amide bonds. The van der Waals surface area contributed by atoms with Crippen LogP contribution in [0.1, 0.15) is 45.9 Å². The number of carboxylic acid groups (broad SMARTS) is 1. The van der Waals surface area contributed by atoms with Gasteiger partial charge >= 0.3 is 5.97 Å². The van der Waals surface area contributed by atoms with Gasteiger partial charge in [0.1, 0.15) is 12.2 Å². The lowest BCUT2D eigenvalue weighted by atomic mass is 9.95. The van der Waals surface area contributed by atoms with Gasteiger partial charge in [0.2, 0.25) is 15.9 Å². The number of rotatable bonds is 7. The van der Waals surface area contributed by atoms with Gasteiger partial charge in [-0.1, -0.05) is 0 Å². The maximum atomic E-state index is 12.9. The van der Waals surface area contributed by atoms with Crippen LogP contribution in [0.15, 0.2) is 35.6 Å². The molecule has 0 radical (unpaired) electrons. The van der Waals surface area contributed by atoms with E-state index in [-0.39, 0.29) is 16.4 Å². The third-order valence-electron chi connectivity index (χ3n) is 6.44. The molecule has 12 heteroatoms. The molecule has 34 heavy (non-hydrogen) atoms. The fourth-order valence-electron chi connectivity index (χ4n) is 4.72. The second kappa shape index (κ2) is 8.46. The molecule has 0 aliphatic carbocycles. The summed E-state index contributed by atoms with van der Waals surface area (Å²) in [4.78, 5) is 31.1. The molecule has 178 valence electrons. The Morgan fingerprint density at radius 1 is 1.29 bits per heavy atom. The van der Waals surface area contributed by atoms with Crippen molar-refractivity contribution in [3.8, 4) is 0 Å². The number of aromatic nitrogens is 3. The Morgan fingerprint density at radius 3 is 2.79 bits per heavy atom. The van der Waals surface area contributed by atoms with Gasteiger partial charge in [0.05, 0.1) is 21.7 Å². The Labute approximate surface area is 195 Å². The minimum Gasteiger partial charge on any atom is -0.478 e. The maximum absolute atomic E-state index is 12.9. The highest BCUT2D eigenvalue weighted by Crippen LogP contribution is 2.39. The van der Waals surface area contributed by atoms with E-state index in [0.29, 0.717) is 41.1 Å². The Hall–Kier alpha value is -3.35. The van der Waals surface area contributed by atoms with Gasteiger partial charge in [-0.25, -0.2) is 27.4 Å². The maximum Gasteiger partial charge on any atom is 0.337 e. The summed E-state index contributed by atoms with van der Waals surface area (Å²) in [7, 11) is -3.79. The van der Waals surface area contributed by atoms with E-state index in [1.54, 1.807) is 13.0 Å². The monoisotopic (exact) mass is 484 g/mol. The molecule has 1 aromatic carbocycles. The molecular formula is C22H24N6O5S. The number of hydrogen-bond acceptors (Lipinski definition) is 7. The molecule has 2 aliphatic heterocycles. The number of carbonyl (C=O) groups is 2. The number of nitrogens with zero attached hydrogens (tertiary/aromatic N) is 4. The van der Waals surface area contributed by atoms with Gasteiger partial charge < -0.3 is 15.3 Å². The van der Waals surface area contributed by atoms with E-state index >= 15 is 0 Å². The van der Waals surface area contributed by atoms with Crippen LogP contribution in [0.4, 0.5) is 5.69 Å². The molecular weight excluding hydrogens is 460 g/mol. The third-order valence-corrected chi connectivity index (χ3v) is 7.90. The van der Waals surface area contributed by atoms with Gasteiger partial charge in [0.25, 0.3) is 0 Å². The van der Waals surface area contributed by atoms with Crippen molar-refractivity contribution in [3.63, 3.8) is 0 Å².